The maximum absolute atomic E-state index is 7.23. The summed E-state index contributed by atoms with van der Waals surface area (Å²) in [5.74, 6) is 0. The summed E-state index contributed by atoms with van der Waals surface area (Å²) < 4.78 is 2.41. The zero-order valence-electron chi connectivity index (χ0n) is 36.7. The lowest BCUT2D eigenvalue weighted by molar-refractivity contribution is -0.402. The van der Waals surface area contributed by atoms with Gasteiger partial charge in [0.2, 0.25) is 5.69 Å². The number of benzene rings is 4. The van der Waals surface area contributed by atoms with Crippen molar-refractivity contribution in [3.05, 3.63) is 152 Å². The van der Waals surface area contributed by atoms with Gasteiger partial charge in [0.05, 0.1) is 5.41 Å². The van der Waals surface area contributed by atoms with Crippen LogP contribution in [0.4, 0.5) is 34.1 Å². The molecule has 0 aromatic heterocycles. The Labute approximate surface area is 354 Å². The van der Waals surface area contributed by atoms with Crippen LogP contribution in [0.25, 0.3) is 0 Å². The molecule has 0 amide bonds. The Morgan fingerprint density at radius 1 is 0.672 bits per heavy atom. The number of nitrogens with zero attached hydrogens (tertiary/aromatic N) is 2. The van der Waals surface area contributed by atoms with Gasteiger partial charge in [0.25, 0.3) is 0 Å². The average molecular weight is 793 g/mol. The molecule has 4 aromatic rings. The number of halogens is 1. The van der Waals surface area contributed by atoms with Crippen molar-refractivity contribution < 1.29 is 4.58 Å². The van der Waals surface area contributed by atoms with Crippen molar-refractivity contribution in [2.75, 3.05) is 29.6 Å². The Morgan fingerprint density at radius 2 is 1.22 bits per heavy atom. The van der Waals surface area contributed by atoms with Crippen LogP contribution in [-0.2, 0) is 36.5 Å². The minimum atomic E-state index is -0.165. The maximum atomic E-state index is 7.23. The van der Waals surface area contributed by atoms with E-state index in [1.807, 2.05) is 0 Å². The number of aryl methyl sites for hydroxylation is 4. The predicted molar refractivity (Wildman–Crippen MR) is 252 cm³/mol. The number of nitrogens with one attached hydrogen (secondary N) is 2. The van der Waals surface area contributed by atoms with Gasteiger partial charge in [-0.05, 0) is 140 Å². The van der Waals surface area contributed by atoms with Crippen LogP contribution in [0, 0.1) is 0 Å². The van der Waals surface area contributed by atoms with Crippen LogP contribution in [0.1, 0.15) is 114 Å². The molecule has 1 aliphatic carbocycles. The summed E-state index contributed by atoms with van der Waals surface area (Å²) in [6, 6.07) is 27.2. The molecule has 3 aliphatic rings. The maximum Gasteiger partial charge on any atom is 0.212 e. The van der Waals surface area contributed by atoms with Crippen LogP contribution in [0.2, 0.25) is 0 Å². The molecule has 4 nitrogen and oxygen atoms in total. The summed E-state index contributed by atoms with van der Waals surface area (Å²) in [6.07, 6.45) is 17.6. The van der Waals surface area contributed by atoms with Crippen LogP contribution in [-0.4, -0.2) is 24.4 Å². The van der Waals surface area contributed by atoms with E-state index in [1.54, 1.807) is 0 Å². The van der Waals surface area contributed by atoms with E-state index >= 15 is 0 Å². The quantitative estimate of drug-likeness (QED) is 0.132. The van der Waals surface area contributed by atoms with Crippen LogP contribution in [0.5, 0.6) is 0 Å². The van der Waals surface area contributed by atoms with Gasteiger partial charge in [0.1, 0.15) is 7.05 Å². The Hall–Kier alpha value is -4.80. The minimum absolute atomic E-state index is 0.165. The molecule has 0 atom stereocenters. The summed E-state index contributed by atoms with van der Waals surface area (Å²) in [6.45, 7) is 18.4. The fourth-order valence-electron chi connectivity index (χ4n) is 9.60. The van der Waals surface area contributed by atoms with E-state index in [2.05, 4.69) is 187 Å². The topological polar surface area (TPSA) is 30.3 Å². The van der Waals surface area contributed by atoms with E-state index in [9.17, 15) is 0 Å². The number of fused-ring (bicyclic) bond motifs is 2. The van der Waals surface area contributed by atoms with Crippen molar-refractivity contribution in [3.63, 3.8) is 0 Å². The monoisotopic (exact) mass is 791 g/mol. The molecule has 0 unspecified atom stereocenters. The third-order valence-electron chi connectivity index (χ3n) is 12.8. The molecule has 0 fully saturated rings. The first-order chi connectivity index (χ1) is 27.8. The molecular formula is C53H64ClN4+. The Kier molecular flexibility index (Phi) is 12.0. The number of allylic oxidation sites excluding steroid dienone is 8. The Balaban J connectivity index is 1.11. The van der Waals surface area contributed by atoms with Gasteiger partial charge in [-0.2, -0.15) is 4.58 Å². The number of hydrogen-bond acceptors (Lipinski definition) is 3. The molecule has 2 N–H and O–H groups in total. The summed E-state index contributed by atoms with van der Waals surface area (Å²) >= 11 is 7.23. The third kappa shape index (κ3) is 7.85. The Morgan fingerprint density at radius 3 is 1.78 bits per heavy atom. The molecule has 0 bridgehead atoms. The lowest BCUT2D eigenvalue weighted by atomic mass is 9.80. The first kappa shape index (κ1) is 41.4. The van der Waals surface area contributed by atoms with Gasteiger partial charge in [-0.3, -0.25) is 0 Å². The van der Waals surface area contributed by atoms with Crippen molar-refractivity contribution in [2.45, 2.75) is 118 Å². The molecule has 7 rings (SSSR count). The Bertz CT molecular complexity index is 2350. The highest BCUT2D eigenvalue weighted by atomic mass is 35.5. The summed E-state index contributed by atoms with van der Waals surface area (Å²) in [7, 11) is 4.44. The summed E-state index contributed by atoms with van der Waals surface area (Å²) in [4.78, 5) is 2.41. The number of likely N-dealkylation sites (N-methyl/N-ethyl adjacent to an activating group) is 1. The highest BCUT2D eigenvalue weighted by Gasteiger charge is 2.45. The molecule has 302 valence electrons. The second-order valence-corrected chi connectivity index (χ2v) is 18.0. The van der Waals surface area contributed by atoms with Crippen molar-refractivity contribution in [1.29, 1.82) is 0 Å². The molecule has 0 saturated heterocycles. The van der Waals surface area contributed by atoms with Gasteiger partial charge in [-0.15, -0.1) is 0 Å². The SMILES string of the molecule is CCCc1ccc(Nc2cc(CC)c3c(c2)C(C)(C)C(/C=C/C2=C(Cl)C(=C/C=C4\N(C)c5c(CC)cc(Nc6ccc(CCC)cc6)cc5C4(C)C)/CC2)=[N+]3C)cc1. The molecule has 0 saturated carbocycles. The second-order valence-electron chi connectivity index (χ2n) is 17.6. The third-order valence-corrected chi connectivity index (χ3v) is 13.3. The van der Waals surface area contributed by atoms with Crippen molar-refractivity contribution in [2.24, 2.45) is 0 Å². The molecule has 4 aromatic carbocycles. The highest BCUT2D eigenvalue weighted by Crippen LogP contribution is 2.51. The van der Waals surface area contributed by atoms with E-state index in [-0.39, 0.29) is 10.8 Å². The number of hydrogen-bond donors (Lipinski definition) is 2. The zero-order valence-corrected chi connectivity index (χ0v) is 37.4. The van der Waals surface area contributed by atoms with Crippen molar-refractivity contribution >= 4 is 51.4 Å². The summed E-state index contributed by atoms with van der Waals surface area (Å²) in [5.41, 5.74) is 20.1. The molecule has 5 heteroatoms. The molecule has 0 spiro atoms. The normalized spacial score (nSPS) is 18.3. The van der Waals surface area contributed by atoms with Gasteiger partial charge in [0.15, 0.2) is 5.71 Å². The summed E-state index contributed by atoms with van der Waals surface area (Å²) in [5, 5.41) is 8.31. The van der Waals surface area contributed by atoms with Gasteiger partial charge >= 0.3 is 0 Å². The number of rotatable bonds is 13. The lowest BCUT2D eigenvalue weighted by Gasteiger charge is -2.24. The lowest BCUT2D eigenvalue weighted by Crippen LogP contribution is -2.26. The van der Waals surface area contributed by atoms with E-state index < -0.39 is 0 Å². The van der Waals surface area contributed by atoms with E-state index in [0.29, 0.717) is 0 Å². The van der Waals surface area contributed by atoms with Crippen LogP contribution >= 0.6 is 11.6 Å². The second kappa shape index (κ2) is 16.8. The fourth-order valence-corrected chi connectivity index (χ4v) is 9.92. The van der Waals surface area contributed by atoms with Crippen LogP contribution < -0.4 is 15.5 Å². The van der Waals surface area contributed by atoms with Crippen LogP contribution in [0.3, 0.4) is 0 Å². The van der Waals surface area contributed by atoms with E-state index in [0.717, 1.165) is 79.1 Å². The first-order valence-corrected chi connectivity index (χ1v) is 22.1. The first-order valence-electron chi connectivity index (χ1n) is 21.7. The largest absolute Gasteiger partial charge is 0.356 e. The van der Waals surface area contributed by atoms with E-state index in [4.69, 9.17) is 11.6 Å². The predicted octanol–water partition coefficient (Wildman–Crippen LogP) is 14.3. The van der Waals surface area contributed by atoms with Crippen LogP contribution in [0.15, 0.2) is 119 Å². The standard InChI is InChI=1S/C53H64ClN4/c1-11-15-35-17-25-41(26-18-35)55-43-31-37(13-3)50-45(33-43)52(5,6)47(57(50)9)29-23-39-21-22-40(49(39)54)24-30-48-53(7,8)46-34-44(32-38(14-4)51(46)58(48)10)56-42-27-19-36(16-12-2)20-28-42/h17-20,23-34,55-56H,11-16,21-22H2,1-10H3/q+1. The van der Waals surface area contributed by atoms with E-state index in [1.165, 1.54) is 67.3 Å². The molecule has 58 heavy (non-hydrogen) atoms. The van der Waals surface area contributed by atoms with Gasteiger partial charge in [-0.25, -0.2) is 0 Å². The molecule has 2 aliphatic heterocycles. The molecule has 2 heterocycles. The van der Waals surface area contributed by atoms with Crippen molar-refractivity contribution in [3.8, 4) is 0 Å². The minimum Gasteiger partial charge on any atom is -0.356 e. The molecule has 0 radical (unpaired) electrons. The smallest absolute Gasteiger partial charge is 0.212 e. The van der Waals surface area contributed by atoms with Gasteiger partial charge < -0.3 is 15.5 Å². The van der Waals surface area contributed by atoms with Crippen molar-refractivity contribution in [1.82, 2.24) is 0 Å². The van der Waals surface area contributed by atoms with Gasteiger partial charge in [0, 0.05) is 68.8 Å². The zero-order chi connectivity index (χ0) is 41.4. The van der Waals surface area contributed by atoms with Gasteiger partial charge in [-0.1, -0.05) is 102 Å². The number of anilines is 5. The highest BCUT2D eigenvalue weighted by molar-refractivity contribution is 6.33. The average Bonchev–Trinajstić information content (AvgIpc) is 3.72. The fraction of sp³-hybridized carbons (Fsp3) is 0.377. The molecular weight excluding hydrogens is 728 g/mol.